The molecule has 0 N–H and O–H groups in total. The molecule has 0 spiro atoms. The van der Waals surface area contributed by atoms with Crippen LogP contribution in [0.4, 0.5) is 5.69 Å². The zero-order chi connectivity index (χ0) is 31.5. The van der Waals surface area contributed by atoms with Gasteiger partial charge in [-0.3, -0.25) is 0 Å². The highest BCUT2D eigenvalue weighted by molar-refractivity contribution is 8.03. The number of fused-ring (bicyclic) bond motifs is 1. The highest BCUT2D eigenvalue weighted by Gasteiger charge is 2.39. The summed E-state index contributed by atoms with van der Waals surface area (Å²) in [5.74, 6) is 0. The van der Waals surface area contributed by atoms with E-state index >= 15 is 0 Å². The van der Waals surface area contributed by atoms with Crippen LogP contribution in [0.5, 0.6) is 0 Å². The average molecular weight is 600 g/mol. The van der Waals surface area contributed by atoms with Gasteiger partial charge in [0.2, 0.25) is 0 Å². The molecule has 0 radical (unpaired) electrons. The normalized spacial score (nSPS) is 18.5. The maximum absolute atomic E-state index is 4.57. The standard InChI is InChI=1S/C42H49NS/c1-9-29-43-38-20-13-12-19-37(38)42(7,8)39(43)28-25-34-17-14-16-33(40(34)44-35-26-21-30(2)22-27-35)24-23-32(4)41(5,6)36-18-11-10-15-31(36)3/h10-13,15,18-28H,4,9,14,16-17,29H2,1-3,5-8H3/b24-23+,34-25+,39-28+. The quantitative estimate of drug-likeness (QED) is 0.225. The van der Waals surface area contributed by atoms with E-state index in [-0.39, 0.29) is 10.8 Å². The lowest BCUT2D eigenvalue weighted by Gasteiger charge is -2.28. The maximum Gasteiger partial charge on any atom is 0.0450 e. The first-order valence-corrected chi connectivity index (χ1v) is 17.1. The number of allylic oxidation sites excluding steroid dienone is 8. The Labute approximate surface area is 271 Å². The van der Waals surface area contributed by atoms with Gasteiger partial charge in [0, 0.05) is 38.6 Å². The van der Waals surface area contributed by atoms with Gasteiger partial charge in [0.05, 0.1) is 0 Å². The van der Waals surface area contributed by atoms with E-state index in [2.05, 4.69) is 157 Å². The Morgan fingerprint density at radius 3 is 2.36 bits per heavy atom. The van der Waals surface area contributed by atoms with Crippen LogP contribution >= 0.6 is 11.8 Å². The number of aryl methyl sites for hydroxylation is 2. The summed E-state index contributed by atoms with van der Waals surface area (Å²) in [5, 5.41) is 0. The second kappa shape index (κ2) is 13.2. The SMILES string of the molecule is C=C(/C=C/C1=C(Sc2ccc(C)cc2)C(=C/C=C2/N(CCC)c3ccccc3C2(C)C)/CCC1)C(C)(C)c1ccccc1C. The van der Waals surface area contributed by atoms with Gasteiger partial charge in [0.15, 0.2) is 0 Å². The number of hydrogen-bond acceptors (Lipinski definition) is 2. The van der Waals surface area contributed by atoms with Gasteiger partial charge in [-0.1, -0.05) is 131 Å². The van der Waals surface area contributed by atoms with Crippen LogP contribution in [0.25, 0.3) is 0 Å². The molecule has 0 unspecified atom stereocenters. The monoisotopic (exact) mass is 599 g/mol. The van der Waals surface area contributed by atoms with Gasteiger partial charge in [-0.25, -0.2) is 0 Å². The summed E-state index contributed by atoms with van der Waals surface area (Å²) >= 11 is 1.92. The molecule has 0 saturated carbocycles. The fraction of sp³-hybridized carbons (Fsp3) is 0.333. The second-order valence-corrected chi connectivity index (χ2v) is 14.5. The van der Waals surface area contributed by atoms with Gasteiger partial charge in [-0.15, -0.1) is 0 Å². The van der Waals surface area contributed by atoms with Crippen molar-refractivity contribution in [1.82, 2.24) is 0 Å². The van der Waals surface area contributed by atoms with E-state index < -0.39 is 0 Å². The van der Waals surface area contributed by atoms with Crippen LogP contribution in [0.2, 0.25) is 0 Å². The molecule has 1 aliphatic heterocycles. The number of thioether (sulfide) groups is 1. The van der Waals surface area contributed by atoms with Crippen molar-refractivity contribution in [2.24, 2.45) is 0 Å². The lowest BCUT2D eigenvalue weighted by Crippen LogP contribution is -2.26. The van der Waals surface area contributed by atoms with Crippen molar-refractivity contribution in [1.29, 1.82) is 0 Å². The predicted molar refractivity (Wildman–Crippen MR) is 194 cm³/mol. The molecule has 228 valence electrons. The van der Waals surface area contributed by atoms with E-state index in [0.717, 1.165) is 37.8 Å². The highest BCUT2D eigenvalue weighted by Crippen LogP contribution is 2.48. The number of anilines is 1. The van der Waals surface area contributed by atoms with E-state index in [1.165, 1.54) is 54.6 Å². The van der Waals surface area contributed by atoms with Gasteiger partial charge in [0.1, 0.15) is 0 Å². The molecular formula is C42H49NS. The molecule has 3 aromatic carbocycles. The Morgan fingerprint density at radius 2 is 1.64 bits per heavy atom. The molecule has 0 aromatic heterocycles. The molecule has 0 atom stereocenters. The zero-order valence-electron chi connectivity index (χ0n) is 27.8. The summed E-state index contributed by atoms with van der Waals surface area (Å²) in [6.45, 7) is 21.6. The molecule has 1 nitrogen and oxygen atoms in total. The molecule has 2 aliphatic rings. The van der Waals surface area contributed by atoms with Crippen molar-refractivity contribution >= 4 is 17.4 Å². The van der Waals surface area contributed by atoms with Crippen molar-refractivity contribution in [3.8, 4) is 0 Å². The van der Waals surface area contributed by atoms with Crippen molar-refractivity contribution < 1.29 is 0 Å². The van der Waals surface area contributed by atoms with Gasteiger partial charge < -0.3 is 4.90 Å². The minimum atomic E-state index is -0.143. The Balaban J connectivity index is 1.55. The Bertz CT molecular complexity index is 1640. The third-order valence-corrected chi connectivity index (χ3v) is 10.7. The summed E-state index contributed by atoms with van der Waals surface area (Å²) in [4.78, 5) is 5.23. The largest absolute Gasteiger partial charge is 0.344 e. The molecule has 0 fully saturated rings. The van der Waals surface area contributed by atoms with E-state index in [1.807, 2.05) is 11.8 Å². The summed E-state index contributed by atoms with van der Waals surface area (Å²) in [7, 11) is 0. The third-order valence-electron chi connectivity index (χ3n) is 9.51. The van der Waals surface area contributed by atoms with Crippen LogP contribution in [0.3, 0.4) is 0 Å². The molecular weight excluding hydrogens is 551 g/mol. The first-order chi connectivity index (χ1) is 21.0. The number of para-hydroxylation sites is 1. The first-order valence-electron chi connectivity index (χ1n) is 16.2. The fourth-order valence-electron chi connectivity index (χ4n) is 6.72. The van der Waals surface area contributed by atoms with E-state index in [4.69, 9.17) is 0 Å². The Hall–Kier alpha value is -3.49. The minimum Gasteiger partial charge on any atom is -0.344 e. The van der Waals surface area contributed by atoms with Gasteiger partial charge in [-0.05, 0) is 97.2 Å². The topological polar surface area (TPSA) is 3.24 Å². The highest BCUT2D eigenvalue weighted by atomic mass is 32.2. The molecule has 1 heterocycles. The lowest BCUT2D eigenvalue weighted by atomic mass is 9.76. The smallest absolute Gasteiger partial charge is 0.0450 e. The molecule has 3 aromatic rings. The molecule has 1 aliphatic carbocycles. The molecule has 2 heteroatoms. The average Bonchev–Trinajstić information content (AvgIpc) is 3.22. The number of nitrogens with zero attached hydrogens (tertiary/aromatic N) is 1. The molecule has 0 bridgehead atoms. The van der Waals surface area contributed by atoms with Crippen molar-refractivity contribution in [2.75, 3.05) is 11.4 Å². The summed E-state index contributed by atoms with van der Waals surface area (Å²) < 4.78 is 0. The number of rotatable bonds is 9. The summed E-state index contributed by atoms with van der Waals surface area (Å²) in [6, 6.07) is 26.6. The van der Waals surface area contributed by atoms with Crippen LogP contribution in [0.1, 0.15) is 82.6 Å². The van der Waals surface area contributed by atoms with Crippen LogP contribution < -0.4 is 4.90 Å². The van der Waals surface area contributed by atoms with E-state index in [0.29, 0.717) is 0 Å². The van der Waals surface area contributed by atoms with Crippen molar-refractivity contribution in [2.45, 2.75) is 89.9 Å². The third kappa shape index (κ3) is 6.47. The van der Waals surface area contributed by atoms with E-state index in [1.54, 1.807) is 0 Å². The van der Waals surface area contributed by atoms with Gasteiger partial charge in [-0.2, -0.15) is 0 Å². The molecule has 44 heavy (non-hydrogen) atoms. The molecule has 0 amide bonds. The summed E-state index contributed by atoms with van der Waals surface area (Å²) in [6.07, 6.45) is 13.9. The van der Waals surface area contributed by atoms with E-state index in [9.17, 15) is 0 Å². The zero-order valence-corrected chi connectivity index (χ0v) is 28.7. The summed E-state index contributed by atoms with van der Waals surface area (Å²) in [5.41, 5.74) is 11.9. The minimum absolute atomic E-state index is 0.0346. The van der Waals surface area contributed by atoms with Gasteiger partial charge in [0.25, 0.3) is 0 Å². The lowest BCUT2D eigenvalue weighted by molar-refractivity contribution is 0.629. The number of benzene rings is 3. The van der Waals surface area contributed by atoms with Crippen LogP contribution in [0.15, 0.2) is 136 Å². The second-order valence-electron chi connectivity index (χ2n) is 13.5. The fourth-order valence-corrected chi connectivity index (χ4v) is 7.83. The van der Waals surface area contributed by atoms with Gasteiger partial charge >= 0.3 is 0 Å². The van der Waals surface area contributed by atoms with Crippen LogP contribution in [-0.2, 0) is 10.8 Å². The maximum atomic E-state index is 4.57. The van der Waals surface area contributed by atoms with Crippen molar-refractivity contribution in [3.63, 3.8) is 0 Å². The molecule has 5 rings (SSSR count). The molecule has 0 saturated heterocycles. The number of hydrogen-bond donors (Lipinski definition) is 0. The van der Waals surface area contributed by atoms with Crippen molar-refractivity contribution in [3.05, 3.63) is 153 Å². The van der Waals surface area contributed by atoms with Crippen LogP contribution in [-0.4, -0.2) is 6.54 Å². The first kappa shape index (κ1) is 31.9. The Kier molecular flexibility index (Phi) is 9.61. The Morgan fingerprint density at radius 1 is 0.932 bits per heavy atom. The predicted octanol–water partition coefficient (Wildman–Crippen LogP) is 11.9. The van der Waals surface area contributed by atoms with Crippen LogP contribution in [0, 0.1) is 13.8 Å².